The van der Waals surface area contributed by atoms with Gasteiger partial charge in [-0.3, -0.25) is 14.4 Å². The third-order valence-electron chi connectivity index (χ3n) is 13.3. The lowest BCUT2D eigenvalue weighted by Gasteiger charge is -2.18. The maximum atomic E-state index is 12.9. The van der Waals surface area contributed by atoms with E-state index in [1.54, 1.807) is 0 Å². The molecule has 0 aromatic carbocycles. The maximum absolute atomic E-state index is 12.9. The third kappa shape index (κ3) is 59.2. The van der Waals surface area contributed by atoms with Crippen molar-refractivity contribution in [3.8, 4) is 0 Å². The van der Waals surface area contributed by atoms with Gasteiger partial charge in [0.15, 0.2) is 6.10 Å². The number of unbranched alkanes of at least 4 members (excludes halogenated alkanes) is 29. The SMILES string of the molecule is CC/C=C\C/C=C\C/C=C\C/C=C\C/C=C\CCCCCCCC(=O)OCC(COC(=O)CCCCCCCCC/C=C\CCCCCCCC)OC(=O)CCCCCCCCC/C=C\C/C=C\CCCCCC. The van der Waals surface area contributed by atoms with E-state index in [2.05, 4.69) is 118 Å². The van der Waals surface area contributed by atoms with E-state index in [0.717, 1.165) is 122 Å². The Kier molecular flexibility index (Phi) is 58.8. The Hall–Kier alpha value is -3.67. The van der Waals surface area contributed by atoms with E-state index in [9.17, 15) is 14.4 Å². The van der Waals surface area contributed by atoms with Crippen LogP contribution in [0, 0.1) is 0 Å². The first kappa shape index (κ1) is 70.3. The van der Waals surface area contributed by atoms with Gasteiger partial charge in [0.2, 0.25) is 0 Å². The molecule has 0 saturated heterocycles. The summed E-state index contributed by atoms with van der Waals surface area (Å²) in [6.07, 6.45) is 82.5. The van der Waals surface area contributed by atoms with Gasteiger partial charge in [-0.2, -0.15) is 0 Å². The normalized spacial score (nSPS) is 12.7. The molecule has 0 heterocycles. The lowest BCUT2D eigenvalue weighted by molar-refractivity contribution is -0.167. The lowest BCUT2D eigenvalue weighted by atomic mass is 10.1. The minimum absolute atomic E-state index is 0.0891. The molecule has 1 atom stereocenters. The van der Waals surface area contributed by atoms with Crippen LogP contribution in [0.3, 0.4) is 0 Å². The zero-order chi connectivity index (χ0) is 53.6. The summed E-state index contributed by atoms with van der Waals surface area (Å²) < 4.78 is 16.9. The summed E-state index contributed by atoms with van der Waals surface area (Å²) in [4.78, 5) is 38.3. The van der Waals surface area contributed by atoms with Crippen molar-refractivity contribution < 1.29 is 28.6 Å². The summed E-state index contributed by atoms with van der Waals surface area (Å²) >= 11 is 0. The highest BCUT2D eigenvalue weighted by Gasteiger charge is 2.19. The molecular weight excluding hydrogens is 913 g/mol. The van der Waals surface area contributed by atoms with E-state index in [1.165, 1.54) is 135 Å². The average molecular weight is 1030 g/mol. The Morgan fingerprint density at radius 2 is 0.527 bits per heavy atom. The fourth-order valence-corrected chi connectivity index (χ4v) is 8.61. The van der Waals surface area contributed by atoms with Crippen LogP contribution in [0.5, 0.6) is 0 Å². The van der Waals surface area contributed by atoms with Crippen molar-refractivity contribution >= 4 is 17.9 Å². The van der Waals surface area contributed by atoms with Crippen LogP contribution < -0.4 is 0 Å². The van der Waals surface area contributed by atoms with Gasteiger partial charge in [0.1, 0.15) is 13.2 Å². The van der Waals surface area contributed by atoms with Gasteiger partial charge >= 0.3 is 17.9 Å². The smallest absolute Gasteiger partial charge is 0.306 e. The number of esters is 3. The minimum Gasteiger partial charge on any atom is -0.462 e. The standard InChI is InChI=1S/C68H116O6/c1-4-7-10-13-16-19-22-25-28-31-33-34-35-38-40-43-46-49-52-55-58-61-67(70)73-64-65(63-72-66(69)60-57-54-51-48-45-42-39-36-30-27-24-21-18-15-12-9-6-3)74-68(71)62-59-56-53-50-47-44-41-37-32-29-26-23-20-17-14-11-8-5-2/h7,10,16,19-20,23,25,27-30,32-34,38,40,65H,4-6,8-9,11-15,17-18,21-22,24,26,31,35-37,39,41-64H2,1-3H3/b10-7-,19-16-,23-20-,28-25-,30-27-,32-29-,34-33-,40-38-. The third-order valence-corrected chi connectivity index (χ3v) is 13.3. The van der Waals surface area contributed by atoms with Crippen molar-refractivity contribution in [1.82, 2.24) is 0 Å². The zero-order valence-corrected chi connectivity index (χ0v) is 48.6. The van der Waals surface area contributed by atoms with Crippen LogP contribution in [0.1, 0.15) is 297 Å². The van der Waals surface area contributed by atoms with Crippen molar-refractivity contribution in [3.05, 3.63) is 97.2 Å². The molecule has 0 saturated carbocycles. The Morgan fingerprint density at radius 3 is 0.851 bits per heavy atom. The first-order valence-corrected chi connectivity index (χ1v) is 31.2. The average Bonchev–Trinajstić information content (AvgIpc) is 3.40. The Labute approximate surface area is 457 Å². The van der Waals surface area contributed by atoms with Gasteiger partial charge in [-0.25, -0.2) is 0 Å². The Bertz CT molecular complexity index is 1460. The summed E-state index contributed by atoms with van der Waals surface area (Å²) in [6.45, 7) is 6.50. The number of ether oxygens (including phenoxy) is 3. The molecule has 0 bridgehead atoms. The fraction of sp³-hybridized carbons (Fsp3) is 0.721. The molecule has 74 heavy (non-hydrogen) atoms. The second-order valence-corrected chi connectivity index (χ2v) is 20.6. The molecule has 0 aromatic heterocycles. The molecule has 424 valence electrons. The van der Waals surface area contributed by atoms with Crippen molar-refractivity contribution in [1.29, 1.82) is 0 Å². The number of hydrogen-bond donors (Lipinski definition) is 0. The van der Waals surface area contributed by atoms with Crippen LogP contribution in [0.2, 0.25) is 0 Å². The number of rotatable bonds is 56. The minimum atomic E-state index is -0.794. The van der Waals surface area contributed by atoms with Crippen LogP contribution in [-0.2, 0) is 28.6 Å². The topological polar surface area (TPSA) is 78.9 Å². The van der Waals surface area contributed by atoms with Gasteiger partial charge in [0.05, 0.1) is 0 Å². The number of carbonyl (C=O) groups is 3. The van der Waals surface area contributed by atoms with Crippen molar-refractivity contribution in [3.63, 3.8) is 0 Å². The summed E-state index contributed by atoms with van der Waals surface area (Å²) in [6, 6.07) is 0. The second kappa shape index (κ2) is 61.9. The van der Waals surface area contributed by atoms with Crippen LogP contribution in [0.15, 0.2) is 97.2 Å². The molecule has 0 amide bonds. The summed E-state index contributed by atoms with van der Waals surface area (Å²) in [5.41, 5.74) is 0. The van der Waals surface area contributed by atoms with Crippen LogP contribution in [0.25, 0.3) is 0 Å². The molecule has 6 nitrogen and oxygen atoms in total. The summed E-state index contributed by atoms with van der Waals surface area (Å²) in [7, 11) is 0. The Morgan fingerprint density at radius 1 is 0.284 bits per heavy atom. The molecule has 0 fully saturated rings. The van der Waals surface area contributed by atoms with Crippen molar-refractivity contribution in [2.24, 2.45) is 0 Å². The quantitative estimate of drug-likeness (QED) is 0.0261. The molecule has 0 aliphatic carbocycles. The number of carbonyl (C=O) groups excluding carboxylic acids is 3. The van der Waals surface area contributed by atoms with E-state index in [-0.39, 0.29) is 31.1 Å². The maximum Gasteiger partial charge on any atom is 0.306 e. The van der Waals surface area contributed by atoms with Crippen LogP contribution >= 0.6 is 0 Å². The van der Waals surface area contributed by atoms with Gasteiger partial charge in [0, 0.05) is 19.3 Å². The number of allylic oxidation sites excluding steroid dienone is 16. The largest absolute Gasteiger partial charge is 0.462 e. The first-order chi connectivity index (χ1) is 36.5. The predicted octanol–water partition coefficient (Wildman–Crippen LogP) is 21.3. The van der Waals surface area contributed by atoms with Gasteiger partial charge < -0.3 is 14.2 Å². The lowest BCUT2D eigenvalue weighted by Crippen LogP contribution is -2.30. The van der Waals surface area contributed by atoms with Gasteiger partial charge in [-0.05, 0) is 122 Å². The first-order valence-electron chi connectivity index (χ1n) is 31.2. The van der Waals surface area contributed by atoms with E-state index < -0.39 is 6.10 Å². The molecule has 0 aliphatic heterocycles. The monoisotopic (exact) mass is 1030 g/mol. The second-order valence-electron chi connectivity index (χ2n) is 20.6. The highest BCUT2D eigenvalue weighted by Crippen LogP contribution is 2.15. The fourth-order valence-electron chi connectivity index (χ4n) is 8.61. The highest BCUT2D eigenvalue weighted by molar-refractivity contribution is 5.71. The molecule has 1 unspecified atom stereocenters. The van der Waals surface area contributed by atoms with Crippen LogP contribution in [-0.4, -0.2) is 37.2 Å². The van der Waals surface area contributed by atoms with Gasteiger partial charge in [-0.15, -0.1) is 0 Å². The van der Waals surface area contributed by atoms with E-state index in [4.69, 9.17) is 14.2 Å². The summed E-state index contributed by atoms with van der Waals surface area (Å²) in [5, 5.41) is 0. The van der Waals surface area contributed by atoms with Crippen molar-refractivity contribution in [2.45, 2.75) is 303 Å². The molecule has 0 N–H and O–H groups in total. The van der Waals surface area contributed by atoms with E-state index in [0.29, 0.717) is 19.3 Å². The molecule has 0 aromatic rings. The summed E-state index contributed by atoms with van der Waals surface area (Å²) in [5.74, 6) is -0.912. The van der Waals surface area contributed by atoms with Crippen molar-refractivity contribution in [2.75, 3.05) is 13.2 Å². The molecule has 0 aliphatic rings. The van der Waals surface area contributed by atoms with E-state index in [1.807, 2.05) is 0 Å². The van der Waals surface area contributed by atoms with Gasteiger partial charge in [0.25, 0.3) is 0 Å². The highest BCUT2D eigenvalue weighted by atomic mass is 16.6. The Balaban J connectivity index is 4.44. The van der Waals surface area contributed by atoms with Gasteiger partial charge in [-0.1, -0.05) is 253 Å². The molecule has 0 radical (unpaired) electrons. The number of hydrogen-bond acceptors (Lipinski definition) is 6. The predicted molar refractivity (Wildman–Crippen MR) is 320 cm³/mol. The van der Waals surface area contributed by atoms with Crippen LogP contribution in [0.4, 0.5) is 0 Å². The zero-order valence-electron chi connectivity index (χ0n) is 48.6. The molecule has 0 spiro atoms. The molecule has 6 heteroatoms. The molecular formula is C68H116O6. The van der Waals surface area contributed by atoms with E-state index >= 15 is 0 Å². The molecule has 0 rings (SSSR count).